The number of methoxy groups -OCH3 is 2. The van der Waals surface area contributed by atoms with Gasteiger partial charge in [-0.3, -0.25) is 4.79 Å². The van der Waals surface area contributed by atoms with Gasteiger partial charge in [0.15, 0.2) is 0 Å². The van der Waals surface area contributed by atoms with E-state index in [1.54, 1.807) is 49.6 Å². The molecule has 0 aliphatic heterocycles. The zero-order chi connectivity index (χ0) is 16.8. The Balaban J connectivity index is 2.14. The fourth-order valence-electron chi connectivity index (χ4n) is 1.94. The smallest absolute Gasteiger partial charge is 0.316 e. The number of carbonyl (C=O) groups is 2. The van der Waals surface area contributed by atoms with Crippen LogP contribution in [0.25, 0.3) is 0 Å². The molecular weight excluding hydrogens is 298 g/mol. The lowest BCUT2D eigenvalue weighted by atomic mass is 10.2. The molecule has 0 aliphatic carbocycles. The normalized spacial score (nSPS) is 9.83. The van der Waals surface area contributed by atoms with Crippen LogP contribution in [0, 0.1) is 0 Å². The van der Waals surface area contributed by atoms with E-state index in [1.165, 1.54) is 7.11 Å². The van der Waals surface area contributed by atoms with Crippen LogP contribution in [-0.2, 0) is 0 Å². The van der Waals surface area contributed by atoms with Crippen LogP contribution in [-0.4, -0.2) is 26.2 Å². The minimum Gasteiger partial charge on any atom is -0.497 e. The van der Waals surface area contributed by atoms with Crippen LogP contribution in [0.15, 0.2) is 42.5 Å². The van der Waals surface area contributed by atoms with Crippen molar-refractivity contribution >= 4 is 23.3 Å². The number of amides is 3. The highest BCUT2D eigenvalue weighted by Crippen LogP contribution is 2.29. The molecule has 120 valence electrons. The monoisotopic (exact) mass is 315 g/mol. The van der Waals surface area contributed by atoms with Crippen LogP contribution in [0.5, 0.6) is 11.5 Å². The second-order valence-electron chi connectivity index (χ2n) is 4.59. The molecule has 0 bridgehead atoms. The molecule has 4 N–H and O–H groups in total. The third-order valence-electron chi connectivity index (χ3n) is 3.07. The molecule has 3 amide bonds. The summed E-state index contributed by atoms with van der Waals surface area (Å²) in [4.78, 5) is 23.0. The fraction of sp³-hybridized carbons (Fsp3) is 0.125. The first-order valence-corrected chi connectivity index (χ1v) is 6.73. The van der Waals surface area contributed by atoms with Crippen molar-refractivity contribution in [1.82, 2.24) is 0 Å². The molecule has 0 atom stereocenters. The van der Waals surface area contributed by atoms with Crippen molar-refractivity contribution in [3.63, 3.8) is 0 Å². The van der Waals surface area contributed by atoms with Crippen molar-refractivity contribution in [3.05, 3.63) is 48.0 Å². The number of nitrogens with one attached hydrogen (secondary N) is 2. The highest BCUT2D eigenvalue weighted by Gasteiger charge is 2.11. The maximum absolute atomic E-state index is 12.3. The summed E-state index contributed by atoms with van der Waals surface area (Å²) in [7, 11) is 3.06. The van der Waals surface area contributed by atoms with E-state index < -0.39 is 6.03 Å². The second-order valence-corrected chi connectivity index (χ2v) is 4.59. The summed E-state index contributed by atoms with van der Waals surface area (Å²) < 4.78 is 10.3. The molecule has 0 aromatic heterocycles. The van der Waals surface area contributed by atoms with Crippen molar-refractivity contribution in [2.75, 3.05) is 24.9 Å². The number of primary amides is 1. The zero-order valence-electron chi connectivity index (χ0n) is 12.8. The molecule has 0 spiro atoms. The standard InChI is InChI=1S/C16H17N3O4/c1-22-12-7-8-13(14(9-12)23-2)19-15(20)10-3-5-11(6-4-10)18-16(17)21/h3-9H,1-2H3,(H,19,20)(H3,17,18,21). The highest BCUT2D eigenvalue weighted by molar-refractivity contribution is 6.05. The first kappa shape index (κ1) is 16.2. The summed E-state index contributed by atoms with van der Waals surface area (Å²) in [6.07, 6.45) is 0. The van der Waals surface area contributed by atoms with Gasteiger partial charge in [-0.15, -0.1) is 0 Å². The molecule has 2 aromatic carbocycles. The summed E-state index contributed by atoms with van der Waals surface area (Å²) in [5.41, 5.74) is 6.49. The van der Waals surface area contributed by atoms with Gasteiger partial charge in [0.25, 0.3) is 5.91 Å². The first-order valence-electron chi connectivity index (χ1n) is 6.73. The van der Waals surface area contributed by atoms with Crippen molar-refractivity contribution in [3.8, 4) is 11.5 Å². The molecule has 0 unspecified atom stereocenters. The highest BCUT2D eigenvalue weighted by atomic mass is 16.5. The predicted octanol–water partition coefficient (Wildman–Crippen LogP) is 2.45. The Bertz CT molecular complexity index is 714. The molecule has 0 heterocycles. The third-order valence-corrected chi connectivity index (χ3v) is 3.07. The van der Waals surface area contributed by atoms with Gasteiger partial charge >= 0.3 is 6.03 Å². The first-order chi connectivity index (χ1) is 11.0. The lowest BCUT2D eigenvalue weighted by Crippen LogP contribution is -2.19. The number of carbonyl (C=O) groups excluding carboxylic acids is 2. The third kappa shape index (κ3) is 4.13. The quantitative estimate of drug-likeness (QED) is 0.788. The van der Waals surface area contributed by atoms with Crippen LogP contribution in [0.1, 0.15) is 10.4 Å². The summed E-state index contributed by atoms with van der Waals surface area (Å²) in [5, 5.41) is 5.18. The molecule has 0 aliphatic rings. The van der Waals surface area contributed by atoms with Gasteiger partial charge in [0, 0.05) is 17.3 Å². The van der Waals surface area contributed by atoms with Gasteiger partial charge in [0.1, 0.15) is 11.5 Å². The van der Waals surface area contributed by atoms with E-state index in [9.17, 15) is 9.59 Å². The Morgan fingerprint density at radius 3 is 2.22 bits per heavy atom. The lowest BCUT2D eigenvalue weighted by Gasteiger charge is -2.12. The van der Waals surface area contributed by atoms with Gasteiger partial charge in [-0.05, 0) is 36.4 Å². The largest absolute Gasteiger partial charge is 0.497 e. The molecule has 23 heavy (non-hydrogen) atoms. The fourth-order valence-corrected chi connectivity index (χ4v) is 1.94. The van der Waals surface area contributed by atoms with E-state index in [2.05, 4.69) is 10.6 Å². The predicted molar refractivity (Wildman–Crippen MR) is 87.1 cm³/mol. The average molecular weight is 315 g/mol. The van der Waals surface area contributed by atoms with E-state index >= 15 is 0 Å². The van der Waals surface area contributed by atoms with Gasteiger partial charge in [-0.2, -0.15) is 0 Å². The molecule has 2 aromatic rings. The van der Waals surface area contributed by atoms with Crippen LogP contribution < -0.4 is 25.8 Å². The van der Waals surface area contributed by atoms with Gasteiger partial charge in [0.2, 0.25) is 0 Å². The van der Waals surface area contributed by atoms with Crippen molar-refractivity contribution in [2.45, 2.75) is 0 Å². The maximum atomic E-state index is 12.3. The van der Waals surface area contributed by atoms with Gasteiger partial charge in [-0.25, -0.2) is 4.79 Å². The second kappa shape index (κ2) is 7.17. The Kier molecular flexibility index (Phi) is 5.03. The van der Waals surface area contributed by atoms with Crippen molar-refractivity contribution in [1.29, 1.82) is 0 Å². The molecular formula is C16H17N3O4. The van der Waals surface area contributed by atoms with Crippen LogP contribution in [0.4, 0.5) is 16.2 Å². The lowest BCUT2D eigenvalue weighted by molar-refractivity contribution is 0.102. The Labute approximate surface area is 133 Å². The average Bonchev–Trinajstić information content (AvgIpc) is 2.55. The van der Waals surface area contributed by atoms with Gasteiger partial charge in [0.05, 0.1) is 19.9 Å². The molecule has 0 saturated heterocycles. The van der Waals surface area contributed by atoms with Crippen LogP contribution >= 0.6 is 0 Å². The van der Waals surface area contributed by atoms with Crippen LogP contribution in [0.3, 0.4) is 0 Å². The maximum Gasteiger partial charge on any atom is 0.316 e. The Morgan fingerprint density at radius 1 is 0.957 bits per heavy atom. The summed E-state index contributed by atoms with van der Waals surface area (Å²) in [6.45, 7) is 0. The Hall–Kier alpha value is -3.22. The van der Waals surface area contributed by atoms with Crippen molar-refractivity contribution in [2.24, 2.45) is 5.73 Å². The summed E-state index contributed by atoms with van der Waals surface area (Å²) in [5.74, 6) is 0.811. The number of rotatable bonds is 5. The number of anilines is 2. The number of nitrogens with two attached hydrogens (primary N) is 1. The van der Waals surface area contributed by atoms with Gasteiger partial charge in [-0.1, -0.05) is 0 Å². The summed E-state index contributed by atoms with van der Waals surface area (Å²) >= 11 is 0. The number of benzene rings is 2. The zero-order valence-corrected chi connectivity index (χ0v) is 12.8. The molecule has 2 rings (SSSR count). The van der Waals surface area contributed by atoms with Gasteiger partial charge < -0.3 is 25.8 Å². The SMILES string of the molecule is COc1ccc(NC(=O)c2ccc(NC(N)=O)cc2)c(OC)c1. The number of urea groups is 1. The minimum absolute atomic E-state index is 0.306. The topological polar surface area (TPSA) is 103 Å². The molecule has 0 radical (unpaired) electrons. The molecule has 0 fully saturated rings. The number of hydrogen-bond donors (Lipinski definition) is 3. The van der Waals surface area contributed by atoms with E-state index in [-0.39, 0.29) is 5.91 Å². The van der Waals surface area contributed by atoms with Crippen molar-refractivity contribution < 1.29 is 19.1 Å². The molecule has 0 saturated carbocycles. The van der Waals surface area contributed by atoms with E-state index in [0.29, 0.717) is 28.4 Å². The van der Waals surface area contributed by atoms with E-state index in [4.69, 9.17) is 15.2 Å². The van der Waals surface area contributed by atoms with E-state index in [0.717, 1.165) is 0 Å². The minimum atomic E-state index is -0.662. The molecule has 7 heteroatoms. The van der Waals surface area contributed by atoms with E-state index in [1.807, 2.05) is 0 Å². The van der Waals surface area contributed by atoms with Crippen LogP contribution in [0.2, 0.25) is 0 Å². The number of hydrogen-bond acceptors (Lipinski definition) is 4. The Morgan fingerprint density at radius 2 is 1.65 bits per heavy atom. The molecule has 7 nitrogen and oxygen atoms in total. The number of ether oxygens (including phenoxy) is 2. The summed E-state index contributed by atoms with van der Waals surface area (Å²) in [6, 6.07) is 10.8.